The zero-order valence-corrected chi connectivity index (χ0v) is 13.1. The highest BCUT2D eigenvalue weighted by Crippen LogP contribution is 2.15. The van der Waals surface area contributed by atoms with E-state index in [-0.39, 0.29) is 12.5 Å². The summed E-state index contributed by atoms with van der Waals surface area (Å²) in [6, 6.07) is 16.0. The molecule has 0 bridgehead atoms. The minimum Gasteiger partial charge on any atom is -0.478 e. The molecule has 0 aliphatic carbocycles. The Balaban J connectivity index is 2.02. The predicted octanol–water partition coefficient (Wildman–Crippen LogP) is 3.12. The van der Waals surface area contributed by atoms with E-state index in [4.69, 9.17) is 10.00 Å². The number of benzene rings is 2. The summed E-state index contributed by atoms with van der Waals surface area (Å²) in [7, 11) is 0. The second-order valence-corrected chi connectivity index (χ2v) is 5.11. The van der Waals surface area contributed by atoms with Gasteiger partial charge in [-0.05, 0) is 36.4 Å². The highest BCUT2D eigenvalue weighted by Gasteiger charge is 2.04. The maximum atomic E-state index is 11.9. The fourth-order valence-electron chi connectivity index (χ4n) is 1.65. The molecule has 0 aromatic heterocycles. The number of hydrogen-bond donors (Lipinski definition) is 1. The summed E-state index contributed by atoms with van der Waals surface area (Å²) in [5.74, 6) is 0.227. The Labute approximate surface area is 136 Å². The van der Waals surface area contributed by atoms with Gasteiger partial charge in [0.25, 0.3) is 5.91 Å². The number of ether oxygens (including phenoxy) is 1. The Morgan fingerprint density at radius 3 is 2.73 bits per heavy atom. The molecule has 110 valence electrons. The van der Waals surface area contributed by atoms with Crippen molar-refractivity contribution < 1.29 is 9.53 Å². The third-order valence-corrected chi connectivity index (χ3v) is 3.22. The van der Waals surface area contributed by atoms with Crippen molar-refractivity contribution in [3.05, 3.63) is 64.1 Å². The number of nitrogens with one attached hydrogen (secondary N) is 1. The molecule has 2 aromatic carbocycles. The molecular formula is C16H12BrN3O2. The van der Waals surface area contributed by atoms with Crippen molar-refractivity contribution >= 4 is 28.1 Å². The Morgan fingerprint density at radius 1 is 1.27 bits per heavy atom. The van der Waals surface area contributed by atoms with Gasteiger partial charge in [-0.1, -0.05) is 28.1 Å². The van der Waals surface area contributed by atoms with Crippen LogP contribution in [-0.2, 0) is 0 Å². The maximum Gasteiger partial charge on any atom is 0.271 e. The van der Waals surface area contributed by atoms with Gasteiger partial charge < -0.3 is 4.74 Å². The van der Waals surface area contributed by atoms with Crippen molar-refractivity contribution in [1.29, 1.82) is 5.26 Å². The molecule has 0 aliphatic rings. The first-order valence-corrected chi connectivity index (χ1v) is 7.18. The van der Waals surface area contributed by atoms with E-state index in [1.165, 1.54) is 6.21 Å². The van der Waals surface area contributed by atoms with Crippen molar-refractivity contribution in [2.75, 3.05) is 6.61 Å². The van der Waals surface area contributed by atoms with Gasteiger partial charge in [-0.3, -0.25) is 4.79 Å². The molecule has 0 fully saturated rings. The summed E-state index contributed by atoms with van der Waals surface area (Å²) in [4.78, 5) is 11.9. The quantitative estimate of drug-likeness (QED) is 0.659. The lowest BCUT2D eigenvalue weighted by Gasteiger charge is -2.05. The standard InChI is InChI=1S/C16H12BrN3O2/c17-14-7-5-12(6-8-14)16(21)20-19-11-13-3-1-2-4-15(13)22-10-9-18/h1-8,11H,10H2,(H,20,21)/b19-11+. The smallest absolute Gasteiger partial charge is 0.271 e. The lowest BCUT2D eigenvalue weighted by Crippen LogP contribution is -2.17. The molecule has 2 aromatic rings. The van der Waals surface area contributed by atoms with Gasteiger partial charge >= 0.3 is 0 Å². The Hall–Kier alpha value is -2.65. The number of amides is 1. The molecule has 1 N–H and O–H groups in total. The lowest BCUT2D eigenvalue weighted by atomic mass is 10.2. The minimum atomic E-state index is -0.306. The summed E-state index contributed by atoms with van der Waals surface area (Å²) >= 11 is 3.31. The van der Waals surface area contributed by atoms with Gasteiger partial charge in [0.15, 0.2) is 6.61 Å². The summed E-state index contributed by atoms with van der Waals surface area (Å²) in [5, 5.41) is 12.5. The number of hydrazone groups is 1. The van der Waals surface area contributed by atoms with Gasteiger partial charge in [-0.25, -0.2) is 5.43 Å². The van der Waals surface area contributed by atoms with E-state index in [2.05, 4.69) is 26.5 Å². The zero-order chi connectivity index (χ0) is 15.8. The average molecular weight is 358 g/mol. The molecule has 5 nitrogen and oxygen atoms in total. The summed E-state index contributed by atoms with van der Waals surface area (Å²) in [6.07, 6.45) is 1.48. The van der Waals surface area contributed by atoms with E-state index in [0.29, 0.717) is 16.9 Å². The number of carbonyl (C=O) groups is 1. The molecule has 0 radical (unpaired) electrons. The van der Waals surface area contributed by atoms with Crippen LogP contribution in [0, 0.1) is 11.3 Å². The van der Waals surface area contributed by atoms with E-state index in [1.807, 2.05) is 12.1 Å². The molecule has 0 aliphatic heterocycles. The lowest BCUT2D eigenvalue weighted by molar-refractivity contribution is 0.0955. The van der Waals surface area contributed by atoms with Crippen molar-refractivity contribution in [2.24, 2.45) is 5.10 Å². The van der Waals surface area contributed by atoms with Crippen LogP contribution in [0.25, 0.3) is 0 Å². The SMILES string of the molecule is N#CCOc1ccccc1/C=N/NC(=O)c1ccc(Br)cc1. The molecule has 0 spiro atoms. The Morgan fingerprint density at radius 2 is 2.00 bits per heavy atom. The van der Waals surface area contributed by atoms with Gasteiger partial charge in [-0.2, -0.15) is 10.4 Å². The number of para-hydroxylation sites is 1. The van der Waals surface area contributed by atoms with Crippen LogP contribution in [0.2, 0.25) is 0 Å². The summed E-state index contributed by atoms with van der Waals surface area (Å²) < 4.78 is 6.17. The highest BCUT2D eigenvalue weighted by atomic mass is 79.9. The van der Waals surface area contributed by atoms with E-state index in [0.717, 1.165) is 4.47 Å². The van der Waals surface area contributed by atoms with Gasteiger partial charge in [0.05, 0.1) is 6.21 Å². The first kappa shape index (κ1) is 15.7. The Kier molecular flexibility index (Phi) is 5.69. The van der Waals surface area contributed by atoms with E-state index in [1.54, 1.807) is 42.5 Å². The number of nitriles is 1. The van der Waals surface area contributed by atoms with E-state index in [9.17, 15) is 4.79 Å². The van der Waals surface area contributed by atoms with Gasteiger partial charge in [0.2, 0.25) is 0 Å². The molecule has 0 heterocycles. The molecule has 6 heteroatoms. The normalized spacial score (nSPS) is 10.2. The van der Waals surface area contributed by atoms with Crippen LogP contribution in [0.15, 0.2) is 58.1 Å². The van der Waals surface area contributed by atoms with Crippen molar-refractivity contribution in [2.45, 2.75) is 0 Å². The second-order valence-electron chi connectivity index (χ2n) is 4.19. The number of halogens is 1. The zero-order valence-electron chi connectivity index (χ0n) is 11.5. The largest absolute Gasteiger partial charge is 0.478 e. The molecular weight excluding hydrogens is 346 g/mol. The maximum absolute atomic E-state index is 11.9. The van der Waals surface area contributed by atoms with Gasteiger partial charge in [0.1, 0.15) is 11.8 Å². The third-order valence-electron chi connectivity index (χ3n) is 2.69. The summed E-state index contributed by atoms with van der Waals surface area (Å²) in [6.45, 7) is -0.0455. The molecule has 22 heavy (non-hydrogen) atoms. The highest BCUT2D eigenvalue weighted by molar-refractivity contribution is 9.10. The number of hydrogen-bond acceptors (Lipinski definition) is 4. The molecule has 1 amide bonds. The van der Waals surface area contributed by atoms with Crippen LogP contribution < -0.4 is 10.2 Å². The third kappa shape index (κ3) is 4.43. The summed E-state index contributed by atoms with van der Waals surface area (Å²) in [5.41, 5.74) is 3.63. The van der Waals surface area contributed by atoms with Crippen molar-refractivity contribution in [3.8, 4) is 11.8 Å². The minimum absolute atomic E-state index is 0.0455. The average Bonchev–Trinajstić information content (AvgIpc) is 2.54. The monoisotopic (exact) mass is 357 g/mol. The first-order valence-electron chi connectivity index (χ1n) is 6.38. The van der Waals surface area contributed by atoms with Gasteiger partial charge in [0, 0.05) is 15.6 Å². The van der Waals surface area contributed by atoms with Crippen LogP contribution >= 0.6 is 15.9 Å². The molecule has 2 rings (SSSR count). The molecule has 0 unspecified atom stereocenters. The fraction of sp³-hybridized carbons (Fsp3) is 0.0625. The van der Waals surface area contributed by atoms with Crippen LogP contribution in [0.5, 0.6) is 5.75 Å². The van der Waals surface area contributed by atoms with Gasteiger partial charge in [-0.15, -0.1) is 0 Å². The van der Waals surface area contributed by atoms with Crippen LogP contribution in [-0.4, -0.2) is 18.7 Å². The number of carbonyl (C=O) groups excluding carboxylic acids is 1. The second kappa shape index (κ2) is 7.96. The van der Waals surface area contributed by atoms with Crippen LogP contribution in [0.4, 0.5) is 0 Å². The van der Waals surface area contributed by atoms with Crippen molar-refractivity contribution in [1.82, 2.24) is 5.43 Å². The number of nitrogens with zero attached hydrogens (tertiary/aromatic N) is 2. The fourth-order valence-corrected chi connectivity index (χ4v) is 1.92. The molecule has 0 saturated carbocycles. The molecule has 0 atom stereocenters. The van der Waals surface area contributed by atoms with Crippen LogP contribution in [0.1, 0.15) is 15.9 Å². The van der Waals surface area contributed by atoms with Crippen LogP contribution in [0.3, 0.4) is 0 Å². The van der Waals surface area contributed by atoms with E-state index < -0.39 is 0 Å². The van der Waals surface area contributed by atoms with E-state index >= 15 is 0 Å². The Bertz CT molecular complexity index is 721. The predicted molar refractivity (Wildman–Crippen MR) is 86.8 cm³/mol. The molecule has 0 saturated heterocycles. The number of rotatable bonds is 5. The first-order chi connectivity index (χ1) is 10.7. The van der Waals surface area contributed by atoms with Crippen molar-refractivity contribution in [3.63, 3.8) is 0 Å². The topological polar surface area (TPSA) is 74.5 Å².